The van der Waals surface area contributed by atoms with Gasteiger partial charge in [-0.15, -0.1) is 0 Å². The van der Waals surface area contributed by atoms with Gasteiger partial charge in [0.2, 0.25) is 5.91 Å². The normalized spacial score (nSPS) is 16.3. The summed E-state index contributed by atoms with van der Waals surface area (Å²) in [6.07, 6.45) is 6.73. The fourth-order valence-corrected chi connectivity index (χ4v) is 4.08. The second-order valence-corrected chi connectivity index (χ2v) is 7.42. The number of halogens is 2. The van der Waals surface area contributed by atoms with Crippen LogP contribution in [0.4, 0.5) is 5.82 Å². The minimum Gasteiger partial charge on any atom is -0.355 e. The molecule has 1 fully saturated rings. The van der Waals surface area contributed by atoms with Crippen molar-refractivity contribution in [1.29, 1.82) is 0 Å². The maximum atomic E-state index is 12.5. The van der Waals surface area contributed by atoms with Gasteiger partial charge in [-0.3, -0.25) is 9.78 Å². The lowest BCUT2D eigenvalue weighted by molar-refractivity contribution is -0.125. The first-order chi connectivity index (χ1) is 12.6. The van der Waals surface area contributed by atoms with Gasteiger partial charge >= 0.3 is 0 Å². The highest BCUT2D eigenvalue weighted by molar-refractivity contribution is 6.36. The first kappa shape index (κ1) is 18.9. The number of hydrogen-bond acceptors (Lipinski definition) is 4. The molecule has 0 spiro atoms. The van der Waals surface area contributed by atoms with Crippen LogP contribution >= 0.6 is 23.2 Å². The van der Waals surface area contributed by atoms with E-state index in [1.165, 1.54) is 0 Å². The predicted octanol–water partition coefficient (Wildman–Crippen LogP) is 3.92. The third kappa shape index (κ3) is 4.46. The maximum Gasteiger partial charge on any atom is 0.223 e. The Kier molecular flexibility index (Phi) is 6.33. The first-order valence-corrected chi connectivity index (χ1v) is 9.54. The molecular weight excluding hydrogens is 371 g/mol. The molecule has 1 saturated heterocycles. The monoisotopic (exact) mass is 392 g/mol. The Morgan fingerprint density at radius 2 is 1.96 bits per heavy atom. The molecule has 2 heterocycles. The van der Waals surface area contributed by atoms with E-state index in [1.807, 2.05) is 25.1 Å². The van der Waals surface area contributed by atoms with Gasteiger partial charge in [0, 0.05) is 53.9 Å². The van der Waals surface area contributed by atoms with Crippen LogP contribution in [0.15, 0.2) is 36.8 Å². The van der Waals surface area contributed by atoms with Gasteiger partial charge in [-0.2, -0.15) is 0 Å². The van der Waals surface area contributed by atoms with Crippen LogP contribution in [0, 0.1) is 5.92 Å². The fraction of sp³-hybridized carbons (Fsp3) is 0.421. The van der Waals surface area contributed by atoms with Crippen LogP contribution in [0.25, 0.3) is 0 Å². The molecule has 138 valence electrons. The SMILES string of the molecule is CC(CNC(=O)C1CCN(c2cnccn2)CC1)c1c(Cl)cccc1Cl. The van der Waals surface area contributed by atoms with Crippen molar-refractivity contribution in [2.45, 2.75) is 25.7 Å². The molecule has 1 aliphatic heterocycles. The molecule has 1 unspecified atom stereocenters. The zero-order valence-corrected chi connectivity index (χ0v) is 16.2. The zero-order chi connectivity index (χ0) is 18.5. The van der Waals surface area contributed by atoms with Crippen LogP contribution in [-0.4, -0.2) is 35.5 Å². The topological polar surface area (TPSA) is 58.1 Å². The van der Waals surface area contributed by atoms with Crippen LogP contribution in [0.1, 0.15) is 31.2 Å². The molecule has 1 aromatic carbocycles. The molecule has 26 heavy (non-hydrogen) atoms. The van der Waals surface area contributed by atoms with E-state index >= 15 is 0 Å². The highest BCUT2D eigenvalue weighted by atomic mass is 35.5. The van der Waals surface area contributed by atoms with E-state index in [1.54, 1.807) is 18.6 Å². The summed E-state index contributed by atoms with van der Waals surface area (Å²) < 4.78 is 0. The van der Waals surface area contributed by atoms with Gasteiger partial charge in [0.15, 0.2) is 0 Å². The standard InChI is InChI=1S/C19H22Cl2N4O/c1-13(18-15(20)3-2-4-16(18)21)11-24-19(26)14-5-9-25(10-6-14)17-12-22-7-8-23-17/h2-4,7-8,12-14H,5-6,9-11H2,1H3,(H,24,26). The number of carbonyl (C=O) groups excluding carboxylic acids is 1. The van der Waals surface area contributed by atoms with E-state index in [4.69, 9.17) is 23.2 Å². The molecule has 0 radical (unpaired) electrons. The van der Waals surface area contributed by atoms with Gasteiger partial charge in [-0.25, -0.2) is 4.98 Å². The number of nitrogens with one attached hydrogen (secondary N) is 1. The van der Waals surface area contributed by atoms with Gasteiger partial charge in [0.05, 0.1) is 6.20 Å². The smallest absolute Gasteiger partial charge is 0.223 e. The highest BCUT2D eigenvalue weighted by Gasteiger charge is 2.26. The van der Waals surface area contributed by atoms with E-state index < -0.39 is 0 Å². The zero-order valence-electron chi connectivity index (χ0n) is 14.7. The Bertz CT molecular complexity index is 728. The van der Waals surface area contributed by atoms with E-state index in [0.29, 0.717) is 16.6 Å². The van der Waals surface area contributed by atoms with E-state index in [2.05, 4.69) is 20.2 Å². The first-order valence-electron chi connectivity index (χ1n) is 8.79. The summed E-state index contributed by atoms with van der Waals surface area (Å²) in [5, 5.41) is 4.33. The number of hydrogen-bond donors (Lipinski definition) is 1. The minimum atomic E-state index is 0.0249. The van der Waals surface area contributed by atoms with Gasteiger partial charge in [-0.05, 0) is 30.5 Å². The molecule has 0 aliphatic carbocycles. The third-order valence-electron chi connectivity index (χ3n) is 4.81. The Balaban J connectivity index is 1.50. The van der Waals surface area contributed by atoms with Crippen molar-refractivity contribution in [2.75, 3.05) is 24.5 Å². The third-order valence-corrected chi connectivity index (χ3v) is 5.47. The van der Waals surface area contributed by atoms with E-state index in [0.717, 1.165) is 37.3 Å². The largest absolute Gasteiger partial charge is 0.355 e. The summed E-state index contributed by atoms with van der Waals surface area (Å²) in [4.78, 5) is 23.1. The molecule has 7 heteroatoms. The van der Waals surface area contributed by atoms with Crippen molar-refractivity contribution in [1.82, 2.24) is 15.3 Å². The Hall–Kier alpha value is -1.85. The molecular formula is C19H22Cl2N4O. The molecule has 1 aliphatic rings. The van der Waals surface area contributed by atoms with Gasteiger partial charge in [0.1, 0.15) is 5.82 Å². The average Bonchev–Trinajstić information content (AvgIpc) is 2.67. The lowest BCUT2D eigenvalue weighted by atomic mass is 9.95. The van der Waals surface area contributed by atoms with Gasteiger partial charge in [0.25, 0.3) is 0 Å². The van der Waals surface area contributed by atoms with Crippen LogP contribution < -0.4 is 10.2 Å². The number of carbonyl (C=O) groups is 1. The van der Waals surface area contributed by atoms with Crippen molar-refractivity contribution < 1.29 is 4.79 Å². The number of anilines is 1. The second kappa shape index (κ2) is 8.69. The van der Waals surface area contributed by atoms with Crippen molar-refractivity contribution in [3.63, 3.8) is 0 Å². The van der Waals surface area contributed by atoms with Gasteiger partial charge < -0.3 is 10.2 Å². The minimum absolute atomic E-state index is 0.0249. The number of benzene rings is 1. The molecule has 0 saturated carbocycles. The van der Waals surface area contributed by atoms with Crippen LogP contribution in [0.5, 0.6) is 0 Å². The number of piperidine rings is 1. The quantitative estimate of drug-likeness (QED) is 0.837. The fourth-order valence-electron chi connectivity index (χ4n) is 3.31. The number of nitrogens with zero attached hydrogens (tertiary/aromatic N) is 3. The molecule has 2 aromatic rings. The maximum absolute atomic E-state index is 12.5. The number of rotatable bonds is 5. The number of aromatic nitrogens is 2. The van der Waals surface area contributed by atoms with E-state index in [-0.39, 0.29) is 17.7 Å². The Morgan fingerprint density at radius 3 is 2.58 bits per heavy atom. The lowest BCUT2D eigenvalue weighted by Crippen LogP contribution is -2.41. The summed E-state index contributed by atoms with van der Waals surface area (Å²) in [6.45, 7) is 4.15. The average molecular weight is 393 g/mol. The van der Waals surface area contributed by atoms with Crippen LogP contribution in [0.2, 0.25) is 10.0 Å². The molecule has 5 nitrogen and oxygen atoms in total. The highest BCUT2D eigenvalue weighted by Crippen LogP contribution is 2.31. The Labute approximate surface area is 163 Å². The van der Waals surface area contributed by atoms with Crippen LogP contribution in [0.3, 0.4) is 0 Å². The second-order valence-electron chi connectivity index (χ2n) is 6.61. The van der Waals surface area contributed by atoms with Gasteiger partial charge in [-0.1, -0.05) is 36.2 Å². The molecule has 1 N–H and O–H groups in total. The van der Waals surface area contributed by atoms with Crippen molar-refractivity contribution in [2.24, 2.45) is 5.92 Å². The summed E-state index contributed by atoms with van der Waals surface area (Å²) in [7, 11) is 0. The Morgan fingerprint density at radius 1 is 1.27 bits per heavy atom. The predicted molar refractivity (Wildman–Crippen MR) is 105 cm³/mol. The van der Waals surface area contributed by atoms with Crippen molar-refractivity contribution in [3.8, 4) is 0 Å². The molecule has 1 atom stereocenters. The van der Waals surface area contributed by atoms with E-state index in [9.17, 15) is 4.79 Å². The molecule has 0 bridgehead atoms. The molecule has 3 rings (SSSR count). The summed E-state index contributed by atoms with van der Waals surface area (Å²) in [5.41, 5.74) is 0.883. The lowest BCUT2D eigenvalue weighted by Gasteiger charge is -2.32. The molecule has 1 aromatic heterocycles. The van der Waals surface area contributed by atoms with Crippen molar-refractivity contribution >= 4 is 34.9 Å². The summed E-state index contributed by atoms with van der Waals surface area (Å²) >= 11 is 12.5. The van der Waals surface area contributed by atoms with Crippen LogP contribution in [-0.2, 0) is 4.79 Å². The van der Waals surface area contributed by atoms with Crippen molar-refractivity contribution in [3.05, 3.63) is 52.4 Å². The summed E-state index contributed by atoms with van der Waals surface area (Å²) in [6, 6.07) is 5.47. The summed E-state index contributed by atoms with van der Waals surface area (Å²) in [5.74, 6) is 1.05. The number of amides is 1. The molecule has 1 amide bonds.